The number of hydrogen-bond acceptors (Lipinski definition) is 4. The van der Waals surface area contributed by atoms with E-state index in [9.17, 15) is 4.79 Å². The van der Waals surface area contributed by atoms with Crippen LogP contribution in [0.4, 0.5) is 0 Å². The fourth-order valence-corrected chi connectivity index (χ4v) is 4.03. The van der Waals surface area contributed by atoms with E-state index >= 15 is 0 Å². The molecule has 29 heavy (non-hydrogen) atoms. The van der Waals surface area contributed by atoms with Gasteiger partial charge >= 0.3 is 0 Å². The molecule has 0 spiro atoms. The molecule has 2 aromatic heterocycles. The zero-order chi connectivity index (χ0) is 20.8. The molecule has 6 nitrogen and oxygen atoms in total. The van der Waals surface area contributed by atoms with Crippen molar-refractivity contribution >= 4 is 16.8 Å². The first kappa shape index (κ1) is 19.6. The minimum absolute atomic E-state index is 0.0268. The number of carbonyl (C=O) groups is 1. The van der Waals surface area contributed by atoms with Crippen molar-refractivity contribution < 1.29 is 9.90 Å². The summed E-state index contributed by atoms with van der Waals surface area (Å²) in [4.78, 5) is 20.3. The smallest absolute Gasteiger partial charge is 0.254 e. The van der Waals surface area contributed by atoms with Gasteiger partial charge in [0.05, 0.1) is 36.1 Å². The van der Waals surface area contributed by atoms with Gasteiger partial charge in [-0.25, -0.2) is 4.98 Å². The summed E-state index contributed by atoms with van der Waals surface area (Å²) in [6, 6.07) is 5.96. The van der Waals surface area contributed by atoms with E-state index in [1.54, 1.807) is 10.9 Å². The molecule has 3 aromatic rings. The number of carbonyl (C=O) groups excluding carboxylic acids is 1. The van der Waals surface area contributed by atoms with Crippen LogP contribution in [0.1, 0.15) is 41.8 Å². The fourth-order valence-electron chi connectivity index (χ4n) is 4.03. The van der Waals surface area contributed by atoms with Gasteiger partial charge in [-0.3, -0.25) is 9.48 Å². The van der Waals surface area contributed by atoms with Gasteiger partial charge in [-0.1, -0.05) is 26.0 Å². The van der Waals surface area contributed by atoms with Crippen molar-refractivity contribution in [1.82, 2.24) is 19.7 Å². The predicted molar refractivity (Wildman–Crippen MR) is 114 cm³/mol. The first-order chi connectivity index (χ1) is 13.8. The van der Waals surface area contributed by atoms with E-state index in [2.05, 4.69) is 38.9 Å². The first-order valence-corrected chi connectivity index (χ1v) is 10.1. The number of benzene rings is 1. The zero-order valence-corrected chi connectivity index (χ0v) is 17.6. The van der Waals surface area contributed by atoms with E-state index in [1.165, 1.54) is 0 Å². The number of aryl methyl sites for hydroxylation is 2. The van der Waals surface area contributed by atoms with Gasteiger partial charge in [0.2, 0.25) is 0 Å². The van der Waals surface area contributed by atoms with Gasteiger partial charge in [-0.15, -0.1) is 0 Å². The molecule has 6 heteroatoms. The van der Waals surface area contributed by atoms with Gasteiger partial charge < -0.3 is 10.0 Å². The van der Waals surface area contributed by atoms with Crippen molar-refractivity contribution in [1.29, 1.82) is 0 Å². The highest BCUT2D eigenvalue weighted by Crippen LogP contribution is 2.33. The molecule has 0 radical (unpaired) electrons. The molecular weight excluding hydrogens is 364 g/mol. The van der Waals surface area contributed by atoms with Gasteiger partial charge in [0.25, 0.3) is 5.91 Å². The number of pyridine rings is 1. The van der Waals surface area contributed by atoms with Crippen molar-refractivity contribution in [3.8, 4) is 11.3 Å². The summed E-state index contributed by atoms with van der Waals surface area (Å²) in [5.74, 6) is 0.0650. The molecule has 0 unspecified atom stereocenters. The Balaban J connectivity index is 1.85. The van der Waals surface area contributed by atoms with Crippen LogP contribution in [-0.4, -0.2) is 50.4 Å². The number of rotatable bonds is 4. The quantitative estimate of drug-likeness (QED) is 0.737. The zero-order valence-electron chi connectivity index (χ0n) is 17.6. The van der Waals surface area contributed by atoms with Crippen LogP contribution in [0.3, 0.4) is 0 Å². The Bertz CT molecular complexity index is 1080. The van der Waals surface area contributed by atoms with E-state index in [0.29, 0.717) is 12.1 Å². The van der Waals surface area contributed by atoms with Crippen LogP contribution >= 0.6 is 0 Å². The molecule has 1 aromatic carbocycles. The van der Waals surface area contributed by atoms with Gasteiger partial charge in [-0.05, 0) is 42.9 Å². The lowest BCUT2D eigenvalue weighted by molar-refractivity contribution is 0.0780. The van der Waals surface area contributed by atoms with E-state index < -0.39 is 0 Å². The Morgan fingerprint density at radius 1 is 1.28 bits per heavy atom. The van der Waals surface area contributed by atoms with Gasteiger partial charge in [0.15, 0.2) is 0 Å². The highest BCUT2D eigenvalue weighted by molar-refractivity contribution is 6.08. The topological polar surface area (TPSA) is 71.2 Å². The van der Waals surface area contributed by atoms with E-state index in [0.717, 1.165) is 52.8 Å². The highest BCUT2D eigenvalue weighted by Gasteiger charge is 2.33. The minimum atomic E-state index is 0.0268. The average molecular weight is 393 g/mol. The second kappa shape index (κ2) is 7.26. The molecule has 1 aliphatic rings. The number of aromatic nitrogens is 3. The van der Waals surface area contributed by atoms with Gasteiger partial charge in [0, 0.05) is 30.2 Å². The number of nitrogens with zero attached hydrogens (tertiary/aromatic N) is 4. The summed E-state index contributed by atoms with van der Waals surface area (Å²) in [7, 11) is 0. The summed E-state index contributed by atoms with van der Waals surface area (Å²) < 4.78 is 1.69. The molecule has 1 fully saturated rings. The molecule has 1 aliphatic heterocycles. The minimum Gasteiger partial charge on any atom is -0.394 e. The van der Waals surface area contributed by atoms with Crippen LogP contribution in [0.15, 0.2) is 30.6 Å². The lowest BCUT2D eigenvalue weighted by Crippen LogP contribution is -2.30. The maximum absolute atomic E-state index is 13.5. The number of hydrogen-bond donors (Lipinski definition) is 1. The maximum Gasteiger partial charge on any atom is 0.254 e. The summed E-state index contributed by atoms with van der Waals surface area (Å²) >= 11 is 0. The average Bonchev–Trinajstić information content (AvgIpc) is 3.30. The molecule has 1 amide bonds. The maximum atomic E-state index is 13.5. The van der Waals surface area contributed by atoms with E-state index in [-0.39, 0.29) is 17.9 Å². The largest absolute Gasteiger partial charge is 0.394 e. The highest BCUT2D eigenvalue weighted by atomic mass is 16.3. The fraction of sp³-hybridized carbons (Fsp3) is 0.435. The molecule has 1 saturated heterocycles. The molecular formula is C23H28N4O2. The van der Waals surface area contributed by atoms with Crippen molar-refractivity contribution in [3.63, 3.8) is 0 Å². The third kappa shape index (κ3) is 3.65. The number of amides is 1. The molecule has 1 N–H and O–H groups in total. The molecule has 152 valence electrons. The van der Waals surface area contributed by atoms with E-state index in [1.807, 2.05) is 23.2 Å². The van der Waals surface area contributed by atoms with Gasteiger partial charge in [-0.2, -0.15) is 5.10 Å². The van der Waals surface area contributed by atoms with Gasteiger partial charge in [0.1, 0.15) is 0 Å². The summed E-state index contributed by atoms with van der Waals surface area (Å²) in [5, 5.41) is 14.4. The molecule has 0 bridgehead atoms. The van der Waals surface area contributed by atoms with Crippen LogP contribution < -0.4 is 0 Å². The SMILES string of the molecule is Cc1ccc2c(C(=O)N3CCC(C)(C)C3)cc(-c3cnn(CCO)c3)nc2c1C. The molecule has 0 atom stereocenters. The van der Waals surface area contributed by atoms with Crippen LogP contribution in [-0.2, 0) is 6.54 Å². The lowest BCUT2D eigenvalue weighted by atomic mass is 9.93. The number of aliphatic hydroxyl groups excluding tert-OH is 1. The lowest BCUT2D eigenvalue weighted by Gasteiger charge is -2.21. The molecule has 0 aliphatic carbocycles. The standard InChI is InChI=1S/C23H28N4O2/c1-15-5-6-18-19(22(29)26-8-7-23(3,4)14-26)11-20(25-21(18)16(15)2)17-12-24-27(13-17)9-10-28/h5-6,11-13,28H,7-10,14H2,1-4H3. The Kier molecular flexibility index (Phi) is 4.90. The number of fused-ring (bicyclic) bond motifs is 1. The first-order valence-electron chi connectivity index (χ1n) is 10.1. The van der Waals surface area contributed by atoms with Crippen LogP contribution in [0, 0.1) is 19.3 Å². The second-order valence-corrected chi connectivity index (χ2v) is 8.82. The molecule has 0 saturated carbocycles. The Hall–Kier alpha value is -2.73. The van der Waals surface area contributed by atoms with Crippen molar-refractivity contribution in [2.45, 2.75) is 40.7 Å². The third-order valence-corrected chi connectivity index (χ3v) is 5.96. The monoisotopic (exact) mass is 392 g/mol. The summed E-state index contributed by atoms with van der Waals surface area (Å²) in [6.45, 7) is 10.5. The van der Waals surface area contributed by atoms with Crippen LogP contribution in [0.5, 0.6) is 0 Å². The Morgan fingerprint density at radius 3 is 2.76 bits per heavy atom. The second-order valence-electron chi connectivity index (χ2n) is 8.82. The van der Waals surface area contributed by atoms with Crippen LogP contribution in [0.2, 0.25) is 0 Å². The van der Waals surface area contributed by atoms with Crippen molar-refractivity contribution in [2.24, 2.45) is 5.41 Å². The van der Waals surface area contributed by atoms with E-state index in [4.69, 9.17) is 10.1 Å². The summed E-state index contributed by atoms with van der Waals surface area (Å²) in [6.07, 6.45) is 4.62. The summed E-state index contributed by atoms with van der Waals surface area (Å²) in [5.41, 5.74) is 5.52. The Labute approximate surface area is 171 Å². The van der Waals surface area contributed by atoms with Crippen molar-refractivity contribution in [2.75, 3.05) is 19.7 Å². The van der Waals surface area contributed by atoms with Crippen LogP contribution in [0.25, 0.3) is 22.2 Å². The number of aliphatic hydroxyl groups is 1. The normalized spacial score (nSPS) is 16.0. The molecule has 4 rings (SSSR count). The third-order valence-electron chi connectivity index (χ3n) is 5.96. The number of likely N-dealkylation sites (tertiary alicyclic amines) is 1. The Morgan fingerprint density at radius 2 is 2.07 bits per heavy atom. The predicted octanol–water partition coefficient (Wildman–Crippen LogP) is 3.58. The molecule has 3 heterocycles. The van der Waals surface area contributed by atoms with Crippen molar-refractivity contribution in [3.05, 3.63) is 47.3 Å².